The molecule has 24 heavy (non-hydrogen) atoms. The molecule has 0 bridgehead atoms. The van der Waals surface area contributed by atoms with Crippen LogP contribution < -0.4 is 5.43 Å². The van der Waals surface area contributed by atoms with Crippen molar-refractivity contribution in [3.05, 3.63) is 78.4 Å². The Hall–Kier alpha value is -3.41. The lowest BCUT2D eigenvalue weighted by molar-refractivity contribution is 0.0697. The number of anilines is 1. The van der Waals surface area contributed by atoms with Crippen LogP contribution in [0.25, 0.3) is 5.69 Å². The molecule has 6 nitrogen and oxygen atoms in total. The maximum atomic E-state index is 11.0. The highest BCUT2D eigenvalue weighted by molar-refractivity contribution is 5.99. The number of benzene rings is 2. The summed E-state index contributed by atoms with van der Waals surface area (Å²) >= 11 is 0. The average molecular weight is 320 g/mol. The van der Waals surface area contributed by atoms with Crippen molar-refractivity contribution >= 4 is 17.4 Å². The molecule has 0 unspecified atom stereocenters. The topological polar surface area (TPSA) is 79.5 Å². The largest absolute Gasteiger partial charge is 0.478 e. The maximum absolute atomic E-state index is 11.0. The van der Waals surface area contributed by atoms with Crippen molar-refractivity contribution < 1.29 is 9.90 Å². The molecule has 6 heteroatoms. The van der Waals surface area contributed by atoms with E-state index >= 15 is 0 Å². The fourth-order valence-corrected chi connectivity index (χ4v) is 2.22. The van der Waals surface area contributed by atoms with Gasteiger partial charge in [0.15, 0.2) is 0 Å². The van der Waals surface area contributed by atoms with E-state index in [1.807, 2.05) is 42.0 Å². The number of aromatic nitrogens is 2. The Balaban J connectivity index is 1.74. The van der Waals surface area contributed by atoms with Crippen LogP contribution in [0.4, 0.5) is 5.69 Å². The van der Waals surface area contributed by atoms with Crippen molar-refractivity contribution in [3.63, 3.8) is 0 Å². The summed E-state index contributed by atoms with van der Waals surface area (Å²) in [5.41, 5.74) is 6.53. The van der Waals surface area contributed by atoms with Crippen LogP contribution in [0.2, 0.25) is 0 Å². The average Bonchev–Trinajstić information content (AvgIpc) is 3.14. The Labute approximate surface area is 139 Å². The van der Waals surface area contributed by atoms with Gasteiger partial charge in [-0.05, 0) is 42.8 Å². The van der Waals surface area contributed by atoms with Crippen LogP contribution in [-0.4, -0.2) is 26.3 Å². The first-order valence-corrected chi connectivity index (χ1v) is 7.36. The van der Waals surface area contributed by atoms with Crippen LogP contribution in [0.15, 0.2) is 72.4 Å². The molecular weight excluding hydrogens is 304 g/mol. The normalized spacial score (nSPS) is 11.3. The van der Waals surface area contributed by atoms with Gasteiger partial charge in [-0.15, -0.1) is 0 Å². The van der Waals surface area contributed by atoms with Crippen molar-refractivity contribution in [1.29, 1.82) is 0 Å². The molecular formula is C18H16N4O2. The Morgan fingerprint density at radius 3 is 2.62 bits per heavy atom. The smallest absolute Gasteiger partial charge is 0.335 e. The SMILES string of the molecule is CC(=NNc1cccc(C(=O)O)c1)c1ccc(-n2ccnc2)cc1. The Kier molecular flexibility index (Phi) is 4.38. The number of hydrogen-bond donors (Lipinski definition) is 2. The molecule has 0 aliphatic rings. The van der Waals surface area contributed by atoms with Gasteiger partial charge < -0.3 is 9.67 Å². The molecule has 0 saturated carbocycles. The molecule has 2 aromatic carbocycles. The van der Waals surface area contributed by atoms with Gasteiger partial charge in [0.05, 0.1) is 23.3 Å². The lowest BCUT2D eigenvalue weighted by Crippen LogP contribution is -2.02. The number of carbonyl (C=O) groups is 1. The quantitative estimate of drug-likeness (QED) is 0.558. The molecule has 1 aromatic heterocycles. The molecule has 0 aliphatic carbocycles. The van der Waals surface area contributed by atoms with Crippen LogP contribution in [0.1, 0.15) is 22.8 Å². The number of carboxylic acid groups (broad SMARTS) is 1. The molecule has 2 N–H and O–H groups in total. The highest BCUT2D eigenvalue weighted by Crippen LogP contribution is 2.13. The molecule has 0 radical (unpaired) electrons. The number of imidazole rings is 1. The first-order chi connectivity index (χ1) is 11.6. The summed E-state index contributed by atoms with van der Waals surface area (Å²) in [6.45, 7) is 1.89. The van der Waals surface area contributed by atoms with E-state index < -0.39 is 5.97 Å². The molecule has 120 valence electrons. The zero-order chi connectivity index (χ0) is 16.9. The molecule has 3 rings (SSSR count). The number of aromatic carboxylic acids is 1. The Bertz CT molecular complexity index is 868. The van der Waals surface area contributed by atoms with Crippen LogP contribution in [0.5, 0.6) is 0 Å². The third-order valence-corrected chi connectivity index (χ3v) is 3.55. The summed E-state index contributed by atoms with van der Waals surface area (Å²) in [7, 11) is 0. The number of hydrogen-bond acceptors (Lipinski definition) is 4. The maximum Gasteiger partial charge on any atom is 0.335 e. The number of nitrogens with zero attached hydrogens (tertiary/aromatic N) is 3. The molecule has 0 saturated heterocycles. The zero-order valence-corrected chi connectivity index (χ0v) is 13.0. The first kappa shape index (κ1) is 15.5. The standard InChI is InChI=1S/C18H16N4O2/c1-13(20-21-16-4-2-3-15(11-16)18(23)24)14-5-7-17(8-6-14)22-10-9-19-12-22/h2-12,21H,1H3,(H,23,24). The fourth-order valence-electron chi connectivity index (χ4n) is 2.22. The lowest BCUT2D eigenvalue weighted by Gasteiger charge is -2.06. The molecule has 3 aromatic rings. The minimum absolute atomic E-state index is 0.220. The second-order valence-electron chi connectivity index (χ2n) is 5.21. The highest BCUT2D eigenvalue weighted by atomic mass is 16.4. The van der Waals surface area contributed by atoms with Gasteiger partial charge in [0.25, 0.3) is 0 Å². The van der Waals surface area contributed by atoms with Gasteiger partial charge in [0, 0.05) is 18.1 Å². The van der Waals surface area contributed by atoms with Gasteiger partial charge in [-0.1, -0.05) is 18.2 Å². The van der Waals surface area contributed by atoms with E-state index in [2.05, 4.69) is 15.5 Å². The minimum atomic E-state index is -0.963. The van der Waals surface area contributed by atoms with E-state index in [0.717, 1.165) is 17.0 Å². The lowest BCUT2D eigenvalue weighted by atomic mass is 10.1. The van der Waals surface area contributed by atoms with Gasteiger partial charge in [-0.2, -0.15) is 5.10 Å². The van der Waals surface area contributed by atoms with E-state index in [1.165, 1.54) is 0 Å². The number of rotatable bonds is 5. The van der Waals surface area contributed by atoms with Gasteiger partial charge in [-0.25, -0.2) is 9.78 Å². The Morgan fingerprint density at radius 1 is 1.17 bits per heavy atom. The number of carboxylic acids is 1. The van der Waals surface area contributed by atoms with E-state index in [-0.39, 0.29) is 5.56 Å². The van der Waals surface area contributed by atoms with Crippen molar-refractivity contribution in [2.75, 3.05) is 5.43 Å². The third kappa shape index (κ3) is 3.49. The van der Waals surface area contributed by atoms with Crippen LogP contribution in [0, 0.1) is 0 Å². The Morgan fingerprint density at radius 2 is 1.96 bits per heavy atom. The third-order valence-electron chi connectivity index (χ3n) is 3.55. The van der Waals surface area contributed by atoms with Gasteiger partial charge >= 0.3 is 5.97 Å². The summed E-state index contributed by atoms with van der Waals surface area (Å²) in [6.07, 6.45) is 5.36. The molecule has 0 spiro atoms. The second kappa shape index (κ2) is 6.78. The summed E-state index contributed by atoms with van der Waals surface area (Å²) in [4.78, 5) is 15.0. The second-order valence-corrected chi connectivity index (χ2v) is 5.21. The van der Waals surface area contributed by atoms with Gasteiger partial charge in [0.1, 0.15) is 0 Å². The van der Waals surface area contributed by atoms with Crippen LogP contribution >= 0.6 is 0 Å². The van der Waals surface area contributed by atoms with E-state index in [0.29, 0.717) is 5.69 Å². The summed E-state index contributed by atoms with van der Waals surface area (Å²) in [5, 5.41) is 13.3. The predicted molar refractivity (Wildman–Crippen MR) is 92.8 cm³/mol. The molecule has 0 amide bonds. The predicted octanol–water partition coefficient (Wildman–Crippen LogP) is 3.41. The monoisotopic (exact) mass is 320 g/mol. The molecule has 0 atom stereocenters. The van der Waals surface area contributed by atoms with Crippen molar-refractivity contribution in [2.45, 2.75) is 6.92 Å². The van der Waals surface area contributed by atoms with Gasteiger partial charge in [0.2, 0.25) is 0 Å². The van der Waals surface area contributed by atoms with Crippen molar-refractivity contribution in [1.82, 2.24) is 9.55 Å². The first-order valence-electron chi connectivity index (χ1n) is 7.36. The molecule has 1 heterocycles. The van der Waals surface area contributed by atoms with Crippen LogP contribution in [0.3, 0.4) is 0 Å². The van der Waals surface area contributed by atoms with Gasteiger partial charge in [-0.3, -0.25) is 5.43 Å². The summed E-state index contributed by atoms with van der Waals surface area (Å²) in [6, 6.07) is 14.5. The van der Waals surface area contributed by atoms with Crippen molar-refractivity contribution in [2.24, 2.45) is 5.10 Å². The number of hydrazone groups is 1. The molecule has 0 fully saturated rings. The summed E-state index contributed by atoms with van der Waals surface area (Å²) in [5.74, 6) is -0.963. The molecule has 0 aliphatic heterocycles. The summed E-state index contributed by atoms with van der Waals surface area (Å²) < 4.78 is 1.92. The van der Waals surface area contributed by atoms with E-state index in [9.17, 15) is 4.79 Å². The number of nitrogens with one attached hydrogen (secondary N) is 1. The van der Waals surface area contributed by atoms with Crippen LogP contribution in [-0.2, 0) is 0 Å². The zero-order valence-electron chi connectivity index (χ0n) is 13.0. The minimum Gasteiger partial charge on any atom is -0.478 e. The highest BCUT2D eigenvalue weighted by Gasteiger charge is 2.03. The van der Waals surface area contributed by atoms with E-state index in [4.69, 9.17) is 5.11 Å². The van der Waals surface area contributed by atoms with Crippen molar-refractivity contribution in [3.8, 4) is 5.69 Å². The fraction of sp³-hybridized carbons (Fsp3) is 0.0556. The van der Waals surface area contributed by atoms with E-state index in [1.54, 1.807) is 36.8 Å².